The van der Waals surface area contributed by atoms with E-state index in [9.17, 15) is 9.90 Å². The van der Waals surface area contributed by atoms with Crippen LogP contribution in [0.4, 0.5) is 0 Å². The van der Waals surface area contributed by atoms with Gasteiger partial charge in [0.15, 0.2) is 0 Å². The number of hydrogen-bond donors (Lipinski definition) is 2. The SMILES string of the molecule is COC1CCCC1NC(=O)c1ccccc1O. The maximum atomic E-state index is 12.0. The Labute approximate surface area is 101 Å². The van der Waals surface area contributed by atoms with E-state index in [1.807, 2.05) is 0 Å². The third-order valence-corrected chi connectivity index (χ3v) is 3.22. The maximum Gasteiger partial charge on any atom is 0.255 e. The van der Waals surface area contributed by atoms with Crippen LogP contribution < -0.4 is 5.32 Å². The summed E-state index contributed by atoms with van der Waals surface area (Å²) < 4.78 is 5.31. The average Bonchev–Trinajstić information content (AvgIpc) is 2.76. The van der Waals surface area contributed by atoms with Crippen molar-refractivity contribution < 1.29 is 14.6 Å². The lowest BCUT2D eigenvalue weighted by molar-refractivity contribution is 0.0720. The summed E-state index contributed by atoms with van der Waals surface area (Å²) in [6, 6.07) is 6.60. The van der Waals surface area contributed by atoms with Crippen molar-refractivity contribution in [2.45, 2.75) is 31.4 Å². The molecular weight excluding hydrogens is 218 g/mol. The summed E-state index contributed by atoms with van der Waals surface area (Å²) >= 11 is 0. The van der Waals surface area contributed by atoms with Crippen LogP contribution in [0.25, 0.3) is 0 Å². The molecule has 2 rings (SSSR count). The van der Waals surface area contributed by atoms with Gasteiger partial charge in [-0.05, 0) is 31.4 Å². The van der Waals surface area contributed by atoms with Gasteiger partial charge in [-0.15, -0.1) is 0 Å². The summed E-state index contributed by atoms with van der Waals surface area (Å²) in [4.78, 5) is 12.0. The largest absolute Gasteiger partial charge is 0.507 e. The van der Waals surface area contributed by atoms with E-state index in [2.05, 4.69) is 5.32 Å². The van der Waals surface area contributed by atoms with Gasteiger partial charge < -0.3 is 15.2 Å². The Hall–Kier alpha value is -1.55. The highest BCUT2D eigenvalue weighted by atomic mass is 16.5. The van der Waals surface area contributed by atoms with Crippen molar-refractivity contribution in [1.29, 1.82) is 0 Å². The Morgan fingerprint density at radius 1 is 1.41 bits per heavy atom. The molecule has 0 radical (unpaired) electrons. The maximum absolute atomic E-state index is 12.0. The quantitative estimate of drug-likeness (QED) is 0.838. The first kappa shape index (κ1) is 11.9. The number of para-hydroxylation sites is 1. The molecule has 1 amide bonds. The fraction of sp³-hybridized carbons (Fsp3) is 0.462. The fourth-order valence-electron chi connectivity index (χ4n) is 2.29. The van der Waals surface area contributed by atoms with Crippen molar-refractivity contribution in [3.8, 4) is 5.75 Å². The molecule has 0 heterocycles. The van der Waals surface area contributed by atoms with Gasteiger partial charge in [0.05, 0.1) is 17.7 Å². The number of nitrogens with one attached hydrogen (secondary N) is 1. The van der Waals surface area contributed by atoms with E-state index in [0.717, 1.165) is 19.3 Å². The molecule has 0 aromatic heterocycles. The molecule has 4 heteroatoms. The van der Waals surface area contributed by atoms with Gasteiger partial charge in [-0.3, -0.25) is 4.79 Å². The second kappa shape index (κ2) is 5.19. The highest BCUT2D eigenvalue weighted by Crippen LogP contribution is 2.23. The van der Waals surface area contributed by atoms with Crippen molar-refractivity contribution in [1.82, 2.24) is 5.32 Å². The van der Waals surface area contributed by atoms with Crippen LogP contribution >= 0.6 is 0 Å². The number of carbonyl (C=O) groups is 1. The molecule has 92 valence electrons. The van der Waals surface area contributed by atoms with Crippen LogP contribution in [0.1, 0.15) is 29.6 Å². The number of hydrogen-bond acceptors (Lipinski definition) is 3. The number of amides is 1. The summed E-state index contributed by atoms with van der Waals surface area (Å²) in [5.41, 5.74) is 0.314. The normalized spacial score (nSPS) is 23.6. The Morgan fingerprint density at radius 2 is 2.18 bits per heavy atom. The first-order valence-corrected chi connectivity index (χ1v) is 5.84. The van der Waals surface area contributed by atoms with E-state index in [1.54, 1.807) is 25.3 Å². The zero-order valence-corrected chi connectivity index (χ0v) is 9.85. The summed E-state index contributed by atoms with van der Waals surface area (Å²) in [6.07, 6.45) is 3.05. The lowest BCUT2D eigenvalue weighted by Gasteiger charge is -2.19. The van der Waals surface area contributed by atoms with Gasteiger partial charge in [0, 0.05) is 7.11 Å². The van der Waals surface area contributed by atoms with E-state index < -0.39 is 0 Å². The molecular formula is C13H17NO3. The van der Waals surface area contributed by atoms with Crippen LogP contribution in [-0.2, 0) is 4.74 Å². The predicted octanol–water partition coefficient (Wildman–Crippen LogP) is 1.69. The first-order valence-electron chi connectivity index (χ1n) is 5.84. The van der Waals surface area contributed by atoms with Crippen molar-refractivity contribution >= 4 is 5.91 Å². The van der Waals surface area contributed by atoms with E-state index in [1.165, 1.54) is 6.07 Å². The minimum Gasteiger partial charge on any atom is -0.507 e. The molecule has 1 aliphatic rings. The third-order valence-electron chi connectivity index (χ3n) is 3.22. The van der Waals surface area contributed by atoms with Crippen molar-refractivity contribution in [2.75, 3.05) is 7.11 Å². The molecule has 4 nitrogen and oxygen atoms in total. The Morgan fingerprint density at radius 3 is 2.88 bits per heavy atom. The van der Waals surface area contributed by atoms with Crippen LogP contribution in [0.2, 0.25) is 0 Å². The standard InChI is InChI=1S/C13H17NO3/c1-17-12-8-4-6-10(12)14-13(16)9-5-2-3-7-11(9)15/h2-3,5,7,10,12,15H,4,6,8H2,1H3,(H,14,16). The summed E-state index contributed by atoms with van der Waals surface area (Å²) in [6.45, 7) is 0. The van der Waals surface area contributed by atoms with Crippen LogP contribution in [-0.4, -0.2) is 30.3 Å². The van der Waals surface area contributed by atoms with Crippen LogP contribution in [0.5, 0.6) is 5.75 Å². The van der Waals surface area contributed by atoms with Gasteiger partial charge in [-0.2, -0.15) is 0 Å². The molecule has 0 aliphatic heterocycles. The lowest BCUT2D eigenvalue weighted by Crippen LogP contribution is -2.40. The minimum atomic E-state index is -0.239. The van der Waals surface area contributed by atoms with Gasteiger partial charge in [-0.1, -0.05) is 12.1 Å². The van der Waals surface area contributed by atoms with Crippen molar-refractivity contribution in [3.63, 3.8) is 0 Å². The fourth-order valence-corrected chi connectivity index (χ4v) is 2.29. The first-order chi connectivity index (χ1) is 8.22. The topological polar surface area (TPSA) is 58.6 Å². The van der Waals surface area contributed by atoms with Crippen LogP contribution in [0.3, 0.4) is 0 Å². The molecule has 2 atom stereocenters. The van der Waals surface area contributed by atoms with Gasteiger partial charge >= 0.3 is 0 Å². The van der Waals surface area contributed by atoms with Crippen molar-refractivity contribution in [2.24, 2.45) is 0 Å². The van der Waals surface area contributed by atoms with Gasteiger partial charge in [-0.25, -0.2) is 0 Å². The molecule has 17 heavy (non-hydrogen) atoms. The zero-order valence-electron chi connectivity index (χ0n) is 9.85. The van der Waals surface area contributed by atoms with Gasteiger partial charge in [0.1, 0.15) is 5.75 Å². The lowest BCUT2D eigenvalue weighted by atomic mass is 10.1. The molecule has 1 saturated carbocycles. The van der Waals surface area contributed by atoms with Crippen LogP contribution in [0.15, 0.2) is 24.3 Å². The number of methoxy groups -OCH3 is 1. The molecule has 1 aromatic carbocycles. The number of benzene rings is 1. The summed E-state index contributed by atoms with van der Waals surface area (Å²) in [5, 5.41) is 12.5. The third kappa shape index (κ3) is 2.58. The van der Waals surface area contributed by atoms with E-state index in [0.29, 0.717) is 5.56 Å². The van der Waals surface area contributed by atoms with Gasteiger partial charge in [0.25, 0.3) is 5.91 Å². The summed E-state index contributed by atoms with van der Waals surface area (Å²) in [7, 11) is 1.66. The average molecular weight is 235 g/mol. The number of carbonyl (C=O) groups excluding carboxylic acids is 1. The van der Waals surface area contributed by atoms with Crippen molar-refractivity contribution in [3.05, 3.63) is 29.8 Å². The Kier molecular flexibility index (Phi) is 3.64. The molecule has 1 fully saturated rings. The molecule has 0 spiro atoms. The summed E-state index contributed by atoms with van der Waals surface area (Å²) in [5.74, 6) is -0.228. The highest BCUT2D eigenvalue weighted by Gasteiger charge is 2.29. The molecule has 2 unspecified atom stereocenters. The molecule has 0 saturated heterocycles. The molecule has 1 aliphatic carbocycles. The molecule has 2 N–H and O–H groups in total. The molecule has 1 aromatic rings. The number of ether oxygens (including phenoxy) is 1. The number of phenolic OH excluding ortho intramolecular Hbond substituents is 1. The smallest absolute Gasteiger partial charge is 0.255 e. The minimum absolute atomic E-state index is 0.0111. The zero-order chi connectivity index (χ0) is 12.3. The number of phenols is 1. The Bertz CT molecular complexity index is 405. The van der Waals surface area contributed by atoms with Gasteiger partial charge in [0.2, 0.25) is 0 Å². The number of rotatable bonds is 3. The predicted molar refractivity (Wildman–Crippen MR) is 64.0 cm³/mol. The Balaban J connectivity index is 2.04. The molecule has 0 bridgehead atoms. The van der Waals surface area contributed by atoms with E-state index in [4.69, 9.17) is 4.74 Å². The monoisotopic (exact) mass is 235 g/mol. The highest BCUT2D eigenvalue weighted by molar-refractivity contribution is 5.96. The number of aromatic hydroxyl groups is 1. The van der Waals surface area contributed by atoms with E-state index >= 15 is 0 Å². The van der Waals surface area contributed by atoms with Crippen LogP contribution in [0, 0.1) is 0 Å². The van der Waals surface area contributed by atoms with E-state index in [-0.39, 0.29) is 23.8 Å². The second-order valence-corrected chi connectivity index (χ2v) is 4.30. The second-order valence-electron chi connectivity index (χ2n) is 4.30.